The number of ether oxygens (including phenoxy) is 1. The Bertz CT molecular complexity index is 309. The molecule has 2 aliphatic heterocycles. The minimum Gasteiger partial charge on any atom is -0.374 e. The van der Waals surface area contributed by atoms with Gasteiger partial charge in [0.05, 0.1) is 5.60 Å². The van der Waals surface area contributed by atoms with Gasteiger partial charge in [0.15, 0.2) is 0 Å². The number of thioether (sulfide) groups is 1. The Morgan fingerprint density at radius 2 is 2.35 bits per heavy atom. The third-order valence-electron chi connectivity index (χ3n) is 4.52. The first-order chi connectivity index (χ1) is 8.27. The molecule has 0 bridgehead atoms. The van der Waals surface area contributed by atoms with Crippen LogP contribution in [0.2, 0.25) is 0 Å². The van der Waals surface area contributed by atoms with E-state index in [2.05, 4.69) is 17.8 Å². The summed E-state index contributed by atoms with van der Waals surface area (Å²) in [5, 5.41) is 0. The zero-order chi connectivity index (χ0) is 11.7. The van der Waals surface area contributed by atoms with Gasteiger partial charge in [-0.2, -0.15) is 11.8 Å². The smallest absolute Gasteiger partial charge is 0.0786 e. The molecule has 1 spiro atoms. The molecule has 0 aromatic rings. The van der Waals surface area contributed by atoms with Crippen LogP contribution in [0, 0.1) is 5.92 Å². The van der Waals surface area contributed by atoms with Crippen molar-refractivity contribution in [2.45, 2.75) is 50.2 Å². The van der Waals surface area contributed by atoms with E-state index in [1.807, 2.05) is 0 Å². The number of hydrogen-bond acceptors (Lipinski definition) is 3. The number of rotatable bonds is 1. The van der Waals surface area contributed by atoms with Crippen molar-refractivity contribution in [3.8, 4) is 0 Å². The van der Waals surface area contributed by atoms with Gasteiger partial charge < -0.3 is 10.5 Å². The van der Waals surface area contributed by atoms with E-state index in [0.29, 0.717) is 6.04 Å². The molecule has 0 radical (unpaired) electrons. The van der Waals surface area contributed by atoms with Crippen LogP contribution in [0.25, 0.3) is 0 Å². The molecule has 2 heterocycles. The lowest BCUT2D eigenvalue weighted by molar-refractivity contribution is -0.0740. The second-order valence-electron chi connectivity index (χ2n) is 5.82. The second-order valence-corrected chi connectivity index (χ2v) is 6.93. The summed E-state index contributed by atoms with van der Waals surface area (Å²) in [6.07, 6.45) is 9.81. The predicted molar refractivity (Wildman–Crippen MR) is 73.3 cm³/mol. The topological polar surface area (TPSA) is 35.2 Å². The Morgan fingerprint density at radius 3 is 3.12 bits per heavy atom. The maximum atomic E-state index is 6.09. The van der Waals surface area contributed by atoms with E-state index >= 15 is 0 Å². The monoisotopic (exact) mass is 253 g/mol. The minimum absolute atomic E-state index is 0.218. The number of hydrogen-bond donors (Lipinski definition) is 1. The average Bonchev–Trinajstić information content (AvgIpc) is 2.77. The van der Waals surface area contributed by atoms with Crippen LogP contribution in [0.15, 0.2) is 11.6 Å². The Labute approximate surface area is 108 Å². The van der Waals surface area contributed by atoms with Gasteiger partial charge in [-0.05, 0) is 50.2 Å². The van der Waals surface area contributed by atoms with Gasteiger partial charge in [0, 0.05) is 18.4 Å². The van der Waals surface area contributed by atoms with Gasteiger partial charge in [-0.1, -0.05) is 11.6 Å². The lowest BCUT2D eigenvalue weighted by Crippen LogP contribution is -2.40. The van der Waals surface area contributed by atoms with E-state index in [1.54, 1.807) is 5.57 Å². The fraction of sp³-hybridized carbons (Fsp3) is 0.857. The summed E-state index contributed by atoms with van der Waals surface area (Å²) in [5.41, 5.74) is 7.93. The molecule has 17 heavy (non-hydrogen) atoms. The molecule has 0 saturated carbocycles. The Morgan fingerprint density at radius 1 is 1.41 bits per heavy atom. The van der Waals surface area contributed by atoms with E-state index in [9.17, 15) is 0 Å². The van der Waals surface area contributed by atoms with Gasteiger partial charge in [-0.25, -0.2) is 0 Å². The Hall–Kier alpha value is 0.01000. The van der Waals surface area contributed by atoms with E-state index < -0.39 is 0 Å². The maximum absolute atomic E-state index is 6.09. The van der Waals surface area contributed by atoms with Crippen LogP contribution < -0.4 is 5.73 Å². The normalized spacial score (nSPS) is 42.8. The molecular weight excluding hydrogens is 230 g/mol. The molecule has 2 N–H and O–H groups in total. The van der Waals surface area contributed by atoms with Gasteiger partial charge >= 0.3 is 0 Å². The molecule has 3 heteroatoms. The van der Waals surface area contributed by atoms with Crippen molar-refractivity contribution in [3.05, 3.63) is 11.6 Å². The molecule has 3 aliphatic rings. The molecule has 1 aliphatic carbocycles. The Kier molecular flexibility index (Phi) is 3.51. The van der Waals surface area contributed by atoms with Gasteiger partial charge in [-0.15, -0.1) is 0 Å². The largest absolute Gasteiger partial charge is 0.374 e. The fourth-order valence-corrected chi connectivity index (χ4v) is 4.91. The molecule has 3 rings (SSSR count). The first-order valence-corrected chi connectivity index (χ1v) is 8.11. The molecule has 3 unspecified atom stereocenters. The summed E-state index contributed by atoms with van der Waals surface area (Å²) in [7, 11) is 0. The van der Waals surface area contributed by atoms with Gasteiger partial charge in [-0.3, -0.25) is 0 Å². The molecule has 3 atom stereocenters. The SMILES string of the molecule is NC1C=C(C2CCOC3(CCSC3)C2)CCC1. The molecule has 96 valence electrons. The summed E-state index contributed by atoms with van der Waals surface area (Å²) >= 11 is 2.06. The van der Waals surface area contributed by atoms with Crippen molar-refractivity contribution in [3.63, 3.8) is 0 Å². The van der Waals surface area contributed by atoms with Crippen LogP contribution >= 0.6 is 11.8 Å². The van der Waals surface area contributed by atoms with E-state index in [0.717, 1.165) is 12.5 Å². The third kappa shape index (κ3) is 2.56. The Balaban J connectivity index is 1.71. The predicted octanol–water partition coefficient (Wildman–Crippen LogP) is 2.73. The van der Waals surface area contributed by atoms with Gasteiger partial charge in [0.2, 0.25) is 0 Å². The highest BCUT2D eigenvalue weighted by Gasteiger charge is 2.41. The summed E-state index contributed by atoms with van der Waals surface area (Å²) in [4.78, 5) is 0. The standard InChI is InChI=1S/C14H23NOS/c15-13-3-1-2-11(8-13)12-4-6-16-14(9-12)5-7-17-10-14/h8,12-13H,1-7,9-10,15H2. The zero-order valence-electron chi connectivity index (χ0n) is 10.5. The lowest BCUT2D eigenvalue weighted by Gasteiger charge is -2.39. The van der Waals surface area contributed by atoms with Gasteiger partial charge in [0.25, 0.3) is 0 Å². The van der Waals surface area contributed by atoms with Crippen LogP contribution in [0.4, 0.5) is 0 Å². The van der Waals surface area contributed by atoms with E-state index in [1.165, 1.54) is 50.0 Å². The number of allylic oxidation sites excluding steroid dienone is 1. The highest BCUT2D eigenvalue weighted by molar-refractivity contribution is 7.99. The van der Waals surface area contributed by atoms with E-state index in [4.69, 9.17) is 10.5 Å². The van der Waals surface area contributed by atoms with Crippen LogP contribution in [0.3, 0.4) is 0 Å². The third-order valence-corrected chi connectivity index (χ3v) is 5.74. The van der Waals surface area contributed by atoms with Crippen molar-refractivity contribution in [2.24, 2.45) is 11.7 Å². The first kappa shape index (κ1) is 12.1. The minimum atomic E-state index is 0.218. The van der Waals surface area contributed by atoms with Crippen LogP contribution in [0.5, 0.6) is 0 Å². The quantitative estimate of drug-likeness (QED) is 0.730. The van der Waals surface area contributed by atoms with Crippen LogP contribution in [-0.4, -0.2) is 29.8 Å². The second kappa shape index (κ2) is 4.94. The van der Waals surface area contributed by atoms with Crippen molar-refractivity contribution >= 4 is 11.8 Å². The van der Waals surface area contributed by atoms with Crippen molar-refractivity contribution < 1.29 is 4.74 Å². The molecule has 0 aromatic carbocycles. The highest BCUT2D eigenvalue weighted by atomic mass is 32.2. The summed E-state index contributed by atoms with van der Waals surface area (Å²) in [5.74, 6) is 3.25. The summed E-state index contributed by atoms with van der Waals surface area (Å²) in [6, 6.07) is 0.315. The van der Waals surface area contributed by atoms with E-state index in [-0.39, 0.29) is 5.60 Å². The zero-order valence-corrected chi connectivity index (χ0v) is 11.3. The van der Waals surface area contributed by atoms with Crippen LogP contribution in [0.1, 0.15) is 38.5 Å². The van der Waals surface area contributed by atoms with Crippen LogP contribution in [-0.2, 0) is 4.74 Å². The molecule has 0 aromatic heterocycles. The van der Waals surface area contributed by atoms with Gasteiger partial charge in [0.1, 0.15) is 0 Å². The molecule has 2 saturated heterocycles. The van der Waals surface area contributed by atoms with Crippen molar-refractivity contribution in [1.82, 2.24) is 0 Å². The first-order valence-electron chi connectivity index (χ1n) is 6.95. The average molecular weight is 253 g/mol. The maximum Gasteiger partial charge on any atom is 0.0786 e. The summed E-state index contributed by atoms with van der Waals surface area (Å²) < 4.78 is 6.09. The highest BCUT2D eigenvalue weighted by Crippen LogP contribution is 2.43. The molecule has 2 fully saturated rings. The fourth-order valence-electron chi connectivity index (χ4n) is 3.53. The van der Waals surface area contributed by atoms with Crippen molar-refractivity contribution in [1.29, 1.82) is 0 Å². The van der Waals surface area contributed by atoms with Crippen molar-refractivity contribution in [2.75, 3.05) is 18.1 Å². The molecule has 2 nitrogen and oxygen atoms in total. The summed E-state index contributed by atoms with van der Waals surface area (Å²) in [6.45, 7) is 0.956. The number of nitrogens with two attached hydrogens (primary N) is 1. The molecular formula is C14H23NOS. The lowest BCUT2D eigenvalue weighted by atomic mass is 9.77. The molecule has 0 amide bonds.